The number of carbonyl (C=O) groups excluding carboxylic acids is 2. The van der Waals surface area contributed by atoms with Crippen molar-refractivity contribution < 1.29 is 23.2 Å². The second-order valence-electron chi connectivity index (χ2n) is 7.11. The molecule has 7 nitrogen and oxygen atoms in total. The summed E-state index contributed by atoms with van der Waals surface area (Å²) in [7, 11) is -3.48. The molecular weight excluding hydrogens is 392 g/mol. The van der Waals surface area contributed by atoms with Crippen LogP contribution in [0.2, 0.25) is 5.02 Å². The first-order chi connectivity index (χ1) is 12.7. The second kappa shape index (κ2) is 9.03. The number of hydrogen-bond acceptors (Lipinski definition) is 5. The van der Waals surface area contributed by atoms with E-state index in [1.165, 1.54) is 12.1 Å². The van der Waals surface area contributed by atoms with Crippen molar-refractivity contribution in [2.75, 3.05) is 13.1 Å². The number of likely N-dealkylation sites (tertiary alicyclic amines) is 1. The van der Waals surface area contributed by atoms with E-state index in [0.29, 0.717) is 31.0 Å². The van der Waals surface area contributed by atoms with Crippen LogP contribution in [0.15, 0.2) is 29.2 Å². The van der Waals surface area contributed by atoms with Crippen molar-refractivity contribution in [2.45, 2.75) is 43.3 Å². The van der Waals surface area contributed by atoms with Gasteiger partial charge in [0.1, 0.15) is 0 Å². The van der Waals surface area contributed by atoms with Crippen LogP contribution >= 0.6 is 11.6 Å². The topological polar surface area (TPSA) is 104 Å². The number of halogens is 1. The third-order valence-electron chi connectivity index (χ3n) is 5.02. The van der Waals surface area contributed by atoms with Gasteiger partial charge in [0.05, 0.1) is 16.1 Å². The lowest BCUT2D eigenvalue weighted by Crippen LogP contribution is -2.44. The molecule has 2 N–H and O–H groups in total. The summed E-state index contributed by atoms with van der Waals surface area (Å²) in [5.41, 5.74) is 1.61. The molecule has 1 aromatic carbocycles. The van der Waals surface area contributed by atoms with Crippen LogP contribution < -0.4 is 5.48 Å². The number of sulfone groups is 1. The van der Waals surface area contributed by atoms with E-state index in [1.807, 2.05) is 0 Å². The van der Waals surface area contributed by atoms with Gasteiger partial charge in [0.2, 0.25) is 11.8 Å². The summed E-state index contributed by atoms with van der Waals surface area (Å²) in [6.07, 6.45) is 0.670. The Labute approximate surface area is 164 Å². The van der Waals surface area contributed by atoms with Crippen LogP contribution in [0.1, 0.15) is 33.1 Å². The third-order valence-corrected chi connectivity index (χ3v) is 7.55. The third kappa shape index (κ3) is 5.21. The number of hydrogen-bond donors (Lipinski definition) is 2. The highest BCUT2D eigenvalue weighted by atomic mass is 35.5. The van der Waals surface area contributed by atoms with Crippen molar-refractivity contribution >= 4 is 33.3 Å². The molecule has 2 rings (SSSR count). The normalized spacial score (nSPS) is 17.0. The molecule has 0 saturated carbocycles. The van der Waals surface area contributed by atoms with Crippen molar-refractivity contribution in [2.24, 2.45) is 11.8 Å². The van der Waals surface area contributed by atoms with Crippen LogP contribution in [-0.2, 0) is 19.4 Å². The lowest BCUT2D eigenvalue weighted by Gasteiger charge is -2.33. The SMILES string of the molecule is CC(C)[C@H](CC(=O)N1CCC(S(=O)(=O)c2ccc(Cl)cc2)CC1)C(=O)NO. The standard InChI is InChI=1S/C18H25ClN2O5S/c1-12(2)16(18(23)20-24)11-17(22)21-9-7-15(8-10-21)27(25,26)14-5-3-13(19)4-6-14/h3-6,12,15-16,24H,7-11H2,1-2H3,(H,20,23)/t16-/m0/s1. The maximum absolute atomic E-state index is 12.7. The van der Waals surface area contributed by atoms with Gasteiger partial charge in [-0.25, -0.2) is 13.9 Å². The molecule has 150 valence electrons. The molecule has 1 fully saturated rings. The Bertz CT molecular complexity index is 771. The van der Waals surface area contributed by atoms with Gasteiger partial charge < -0.3 is 4.90 Å². The maximum Gasteiger partial charge on any atom is 0.247 e. The minimum atomic E-state index is -3.48. The zero-order valence-electron chi connectivity index (χ0n) is 15.4. The van der Waals surface area contributed by atoms with E-state index >= 15 is 0 Å². The van der Waals surface area contributed by atoms with Crippen LogP contribution in [0, 0.1) is 11.8 Å². The van der Waals surface area contributed by atoms with Crippen LogP contribution in [0.25, 0.3) is 0 Å². The minimum Gasteiger partial charge on any atom is -0.343 e. The molecule has 0 aromatic heterocycles. The first kappa shape index (κ1) is 21.7. The fraction of sp³-hybridized carbons (Fsp3) is 0.556. The molecular formula is C18H25ClN2O5S. The molecule has 0 bridgehead atoms. The average molecular weight is 417 g/mol. The van der Waals surface area contributed by atoms with Crippen molar-refractivity contribution in [1.29, 1.82) is 0 Å². The highest BCUT2D eigenvalue weighted by molar-refractivity contribution is 7.92. The van der Waals surface area contributed by atoms with E-state index in [4.69, 9.17) is 16.8 Å². The fourth-order valence-corrected chi connectivity index (χ4v) is 5.12. The summed E-state index contributed by atoms with van der Waals surface area (Å²) < 4.78 is 25.5. The van der Waals surface area contributed by atoms with Gasteiger partial charge in [-0.05, 0) is 43.0 Å². The molecule has 0 aliphatic carbocycles. The Morgan fingerprint density at radius 1 is 1.22 bits per heavy atom. The molecule has 2 amide bonds. The van der Waals surface area contributed by atoms with Gasteiger partial charge >= 0.3 is 0 Å². The van der Waals surface area contributed by atoms with Crippen LogP contribution in [0.5, 0.6) is 0 Å². The number of rotatable bonds is 6. The summed E-state index contributed by atoms with van der Waals surface area (Å²) >= 11 is 5.81. The zero-order chi connectivity index (χ0) is 20.2. The van der Waals surface area contributed by atoms with E-state index < -0.39 is 26.9 Å². The van der Waals surface area contributed by atoms with Gasteiger partial charge in [0.25, 0.3) is 0 Å². The molecule has 27 heavy (non-hydrogen) atoms. The number of nitrogens with one attached hydrogen (secondary N) is 1. The molecule has 9 heteroatoms. The van der Waals surface area contributed by atoms with Crippen molar-refractivity contribution in [3.05, 3.63) is 29.3 Å². The molecule has 1 saturated heterocycles. The Morgan fingerprint density at radius 3 is 2.26 bits per heavy atom. The summed E-state index contributed by atoms with van der Waals surface area (Å²) in [6, 6.07) is 6.09. The number of nitrogens with zero attached hydrogens (tertiary/aromatic N) is 1. The lowest BCUT2D eigenvalue weighted by molar-refractivity contribution is -0.141. The molecule has 0 spiro atoms. The summed E-state index contributed by atoms with van der Waals surface area (Å²) in [5.74, 6) is -1.53. The monoisotopic (exact) mass is 416 g/mol. The van der Waals surface area contributed by atoms with Gasteiger partial charge in [-0.1, -0.05) is 25.4 Å². The lowest BCUT2D eigenvalue weighted by atomic mass is 9.91. The summed E-state index contributed by atoms with van der Waals surface area (Å²) in [4.78, 5) is 26.0. The number of carbonyl (C=O) groups is 2. The van der Waals surface area contributed by atoms with Gasteiger partial charge in [0.15, 0.2) is 9.84 Å². The average Bonchev–Trinajstić information content (AvgIpc) is 2.65. The minimum absolute atomic E-state index is 0.0152. The number of amides is 2. The molecule has 0 radical (unpaired) electrons. The molecule has 1 aliphatic heterocycles. The zero-order valence-corrected chi connectivity index (χ0v) is 17.0. The van der Waals surface area contributed by atoms with E-state index in [9.17, 15) is 18.0 Å². The van der Waals surface area contributed by atoms with E-state index in [1.54, 1.807) is 36.4 Å². The molecule has 1 aromatic rings. The Morgan fingerprint density at radius 2 is 1.78 bits per heavy atom. The quantitative estimate of drug-likeness (QED) is 0.546. The predicted molar refractivity (Wildman–Crippen MR) is 101 cm³/mol. The molecule has 1 aliphatic rings. The predicted octanol–water partition coefficient (Wildman–Crippen LogP) is 2.27. The van der Waals surface area contributed by atoms with Crippen molar-refractivity contribution in [3.63, 3.8) is 0 Å². The number of hydroxylamine groups is 1. The van der Waals surface area contributed by atoms with Crippen LogP contribution in [-0.4, -0.2) is 48.7 Å². The largest absolute Gasteiger partial charge is 0.343 e. The Hall–Kier alpha value is -1.64. The van der Waals surface area contributed by atoms with Crippen molar-refractivity contribution in [1.82, 2.24) is 10.4 Å². The molecule has 1 heterocycles. The maximum atomic E-state index is 12.7. The van der Waals surface area contributed by atoms with Crippen molar-refractivity contribution in [3.8, 4) is 0 Å². The van der Waals surface area contributed by atoms with E-state index in [0.717, 1.165) is 0 Å². The fourth-order valence-electron chi connectivity index (χ4n) is 3.26. The highest BCUT2D eigenvalue weighted by Crippen LogP contribution is 2.26. The van der Waals surface area contributed by atoms with Gasteiger partial charge in [-0.2, -0.15) is 0 Å². The van der Waals surface area contributed by atoms with E-state index in [-0.39, 0.29) is 23.1 Å². The Balaban J connectivity index is 1.99. The Kier molecular flexibility index (Phi) is 7.25. The van der Waals surface area contributed by atoms with Gasteiger partial charge in [-0.3, -0.25) is 14.8 Å². The van der Waals surface area contributed by atoms with Crippen LogP contribution in [0.4, 0.5) is 0 Å². The number of piperidine rings is 1. The van der Waals surface area contributed by atoms with Crippen LogP contribution in [0.3, 0.4) is 0 Å². The first-order valence-corrected chi connectivity index (χ1v) is 10.8. The van der Waals surface area contributed by atoms with E-state index in [2.05, 4.69) is 0 Å². The summed E-state index contributed by atoms with van der Waals surface area (Å²) in [6.45, 7) is 4.25. The van der Waals surface area contributed by atoms with Gasteiger partial charge in [-0.15, -0.1) is 0 Å². The molecule has 1 atom stereocenters. The summed E-state index contributed by atoms with van der Waals surface area (Å²) in [5, 5.41) is 8.75. The smallest absolute Gasteiger partial charge is 0.247 e. The number of benzene rings is 1. The highest BCUT2D eigenvalue weighted by Gasteiger charge is 2.34. The van der Waals surface area contributed by atoms with Gasteiger partial charge in [0, 0.05) is 24.5 Å². The molecule has 0 unspecified atom stereocenters. The first-order valence-electron chi connectivity index (χ1n) is 8.88. The second-order valence-corrected chi connectivity index (χ2v) is 9.77.